The van der Waals surface area contributed by atoms with Crippen LogP contribution in [0.2, 0.25) is 0 Å². The van der Waals surface area contributed by atoms with Crippen molar-refractivity contribution in [2.45, 2.75) is 12.8 Å². The molecule has 130 valence electrons. The SMILES string of the molecule is O=C(c1ccccc1)N1CCc2ncnc(N3CCOCC3)c2CC1. The van der Waals surface area contributed by atoms with Crippen molar-refractivity contribution in [2.24, 2.45) is 0 Å². The van der Waals surface area contributed by atoms with Gasteiger partial charge in [-0.3, -0.25) is 4.79 Å². The molecule has 0 spiro atoms. The Kier molecular flexibility index (Phi) is 4.61. The van der Waals surface area contributed by atoms with Crippen LogP contribution in [0.25, 0.3) is 0 Å². The molecule has 4 rings (SSSR count). The molecule has 1 amide bonds. The molecule has 0 saturated carbocycles. The van der Waals surface area contributed by atoms with Crippen molar-refractivity contribution >= 4 is 11.7 Å². The van der Waals surface area contributed by atoms with E-state index in [1.54, 1.807) is 6.33 Å². The first-order chi connectivity index (χ1) is 12.3. The third-order valence-corrected chi connectivity index (χ3v) is 4.88. The van der Waals surface area contributed by atoms with Gasteiger partial charge in [-0.25, -0.2) is 9.97 Å². The van der Waals surface area contributed by atoms with Crippen LogP contribution in [0.1, 0.15) is 21.6 Å². The van der Waals surface area contributed by atoms with Crippen molar-refractivity contribution in [3.05, 3.63) is 53.5 Å². The number of morpholine rings is 1. The number of aromatic nitrogens is 2. The van der Waals surface area contributed by atoms with Gasteiger partial charge in [-0.2, -0.15) is 0 Å². The third kappa shape index (κ3) is 3.35. The number of nitrogens with zero attached hydrogens (tertiary/aromatic N) is 4. The maximum absolute atomic E-state index is 12.8. The lowest BCUT2D eigenvalue weighted by molar-refractivity contribution is 0.0763. The molecule has 1 aromatic heterocycles. The molecule has 0 N–H and O–H groups in total. The number of anilines is 1. The minimum absolute atomic E-state index is 0.0919. The van der Waals surface area contributed by atoms with Gasteiger partial charge in [0.2, 0.25) is 0 Å². The van der Waals surface area contributed by atoms with Gasteiger partial charge in [0.1, 0.15) is 12.1 Å². The fourth-order valence-corrected chi connectivity index (χ4v) is 3.52. The summed E-state index contributed by atoms with van der Waals surface area (Å²) in [6, 6.07) is 9.49. The van der Waals surface area contributed by atoms with E-state index in [9.17, 15) is 4.79 Å². The molecule has 1 fully saturated rings. The maximum atomic E-state index is 12.8. The summed E-state index contributed by atoms with van der Waals surface area (Å²) in [5, 5.41) is 0. The largest absolute Gasteiger partial charge is 0.378 e. The predicted octanol–water partition coefficient (Wildman–Crippen LogP) is 1.55. The molecule has 2 aromatic rings. The quantitative estimate of drug-likeness (QED) is 0.832. The summed E-state index contributed by atoms with van der Waals surface area (Å²) in [5.41, 5.74) is 3.00. The topological polar surface area (TPSA) is 58.6 Å². The van der Waals surface area contributed by atoms with Gasteiger partial charge in [0, 0.05) is 43.7 Å². The maximum Gasteiger partial charge on any atom is 0.253 e. The molecule has 0 unspecified atom stereocenters. The van der Waals surface area contributed by atoms with E-state index in [0.717, 1.165) is 56.2 Å². The van der Waals surface area contributed by atoms with Gasteiger partial charge in [0.15, 0.2) is 0 Å². The monoisotopic (exact) mass is 338 g/mol. The summed E-state index contributed by atoms with van der Waals surface area (Å²) in [6.07, 6.45) is 3.22. The van der Waals surface area contributed by atoms with E-state index in [4.69, 9.17) is 4.74 Å². The molecular formula is C19H22N4O2. The standard InChI is InChI=1S/C19H22N4O2/c24-19(15-4-2-1-3-5-15)23-8-6-16-17(7-9-23)20-14-21-18(16)22-10-12-25-13-11-22/h1-5,14H,6-13H2. The van der Waals surface area contributed by atoms with Gasteiger partial charge in [-0.1, -0.05) is 18.2 Å². The van der Waals surface area contributed by atoms with E-state index in [1.807, 2.05) is 35.2 Å². The molecule has 2 aliphatic rings. The second kappa shape index (κ2) is 7.19. The van der Waals surface area contributed by atoms with Crippen molar-refractivity contribution in [1.82, 2.24) is 14.9 Å². The molecule has 1 saturated heterocycles. The lowest BCUT2D eigenvalue weighted by Gasteiger charge is -2.29. The van der Waals surface area contributed by atoms with E-state index in [1.165, 1.54) is 5.56 Å². The Morgan fingerprint density at radius 2 is 1.72 bits per heavy atom. The molecule has 6 nitrogen and oxygen atoms in total. The Morgan fingerprint density at radius 1 is 0.960 bits per heavy atom. The molecule has 0 atom stereocenters. The van der Waals surface area contributed by atoms with Crippen LogP contribution in [0.5, 0.6) is 0 Å². The molecular weight excluding hydrogens is 316 g/mol. The molecule has 0 aliphatic carbocycles. The highest BCUT2D eigenvalue weighted by Gasteiger charge is 2.25. The minimum atomic E-state index is 0.0919. The lowest BCUT2D eigenvalue weighted by atomic mass is 10.1. The summed E-state index contributed by atoms with van der Waals surface area (Å²) in [7, 11) is 0. The fourth-order valence-electron chi connectivity index (χ4n) is 3.52. The summed E-state index contributed by atoms with van der Waals surface area (Å²) in [5.74, 6) is 1.11. The Balaban J connectivity index is 1.55. The predicted molar refractivity (Wildman–Crippen MR) is 94.8 cm³/mol. The second-order valence-corrected chi connectivity index (χ2v) is 6.38. The van der Waals surface area contributed by atoms with Gasteiger partial charge in [-0.05, 0) is 18.6 Å². The number of hydrogen-bond acceptors (Lipinski definition) is 5. The van der Waals surface area contributed by atoms with Gasteiger partial charge >= 0.3 is 0 Å². The highest BCUT2D eigenvalue weighted by molar-refractivity contribution is 5.94. The number of carbonyl (C=O) groups is 1. The number of carbonyl (C=O) groups excluding carboxylic acids is 1. The molecule has 0 bridgehead atoms. The summed E-state index contributed by atoms with van der Waals surface area (Å²) in [6.45, 7) is 4.58. The zero-order chi connectivity index (χ0) is 17.1. The number of ether oxygens (including phenoxy) is 1. The van der Waals surface area contributed by atoms with Gasteiger partial charge in [-0.15, -0.1) is 0 Å². The smallest absolute Gasteiger partial charge is 0.253 e. The second-order valence-electron chi connectivity index (χ2n) is 6.38. The van der Waals surface area contributed by atoms with E-state index < -0.39 is 0 Å². The summed E-state index contributed by atoms with van der Waals surface area (Å²) >= 11 is 0. The first-order valence-electron chi connectivity index (χ1n) is 8.83. The van der Waals surface area contributed by atoms with Crippen LogP contribution >= 0.6 is 0 Å². The van der Waals surface area contributed by atoms with E-state index in [-0.39, 0.29) is 5.91 Å². The highest BCUT2D eigenvalue weighted by Crippen LogP contribution is 2.25. The Bertz CT molecular complexity index is 744. The van der Waals surface area contributed by atoms with Crippen LogP contribution in [-0.2, 0) is 17.6 Å². The van der Waals surface area contributed by atoms with Gasteiger partial charge in [0.25, 0.3) is 5.91 Å². The fraction of sp³-hybridized carbons (Fsp3) is 0.421. The summed E-state index contributed by atoms with van der Waals surface area (Å²) < 4.78 is 5.45. The van der Waals surface area contributed by atoms with Crippen molar-refractivity contribution < 1.29 is 9.53 Å². The number of hydrogen-bond donors (Lipinski definition) is 0. The van der Waals surface area contributed by atoms with Crippen LogP contribution in [0.3, 0.4) is 0 Å². The number of fused-ring (bicyclic) bond motifs is 1. The first-order valence-corrected chi connectivity index (χ1v) is 8.83. The van der Waals surface area contributed by atoms with Crippen molar-refractivity contribution in [1.29, 1.82) is 0 Å². The Morgan fingerprint density at radius 3 is 2.52 bits per heavy atom. The van der Waals surface area contributed by atoms with Crippen molar-refractivity contribution in [2.75, 3.05) is 44.3 Å². The number of benzene rings is 1. The molecule has 1 aromatic carbocycles. The minimum Gasteiger partial charge on any atom is -0.378 e. The third-order valence-electron chi connectivity index (χ3n) is 4.88. The lowest BCUT2D eigenvalue weighted by Crippen LogP contribution is -2.37. The van der Waals surface area contributed by atoms with Crippen LogP contribution in [0, 0.1) is 0 Å². The van der Waals surface area contributed by atoms with Crippen LogP contribution in [-0.4, -0.2) is 60.2 Å². The van der Waals surface area contributed by atoms with Gasteiger partial charge in [0.05, 0.1) is 18.9 Å². The van der Waals surface area contributed by atoms with Crippen LogP contribution in [0.15, 0.2) is 36.7 Å². The number of amides is 1. The zero-order valence-electron chi connectivity index (χ0n) is 14.2. The van der Waals surface area contributed by atoms with Crippen molar-refractivity contribution in [3.63, 3.8) is 0 Å². The zero-order valence-corrected chi connectivity index (χ0v) is 14.2. The molecule has 3 heterocycles. The molecule has 25 heavy (non-hydrogen) atoms. The average molecular weight is 338 g/mol. The van der Waals surface area contributed by atoms with E-state index in [2.05, 4.69) is 14.9 Å². The van der Waals surface area contributed by atoms with Crippen LogP contribution < -0.4 is 4.90 Å². The van der Waals surface area contributed by atoms with Gasteiger partial charge < -0.3 is 14.5 Å². The van der Waals surface area contributed by atoms with Crippen molar-refractivity contribution in [3.8, 4) is 0 Å². The first kappa shape index (κ1) is 16.0. The average Bonchev–Trinajstić information content (AvgIpc) is 2.91. The summed E-state index contributed by atoms with van der Waals surface area (Å²) in [4.78, 5) is 26.0. The van der Waals surface area contributed by atoms with E-state index >= 15 is 0 Å². The molecule has 0 radical (unpaired) electrons. The normalized spacial score (nSPS) is 17.8. The highest BCUT2D eigenvalue weighted by atomic mass is 16.5. The Labute approximate surface area is 147 Å². The molecule has 2 aliphatic heterocycles. The molecule has 6 heteroatoms. The van der Waals surface area contributed by atoms with E-state index in [0.29, 0.717) is 13.1 Å². The Hall–Kier alpha value is -2.47. The number of rotatable bonds is 2. The van der Waals surface area contributed by atoms with Crippen LogP contribution in [0.4, 0.5) is 5.82 Å².